The maximum Gasteiger partial charge on any atom is 0.313 e. The molecule has 4 N–H and O–H groups in total. The summed E-state index contributed by atoms with van der Waals surface area (Å²) in [6, 6.07) is 11.8. The van der Waals surface area contributed by atoms with Gasteiger partial charge >= 0.3 is 5.97 Å². The molecule has 0 radical (unpaired) electrons. The van der Waals surface area contributed by atoms with Gasteiger partial charge in [0, 0.05) is 19.8 Å². The maximum absolute atomic E-state index is 11.4. The summed E-state index contributed by atoms with van der Waals surface area (Å²) in [5, 5.41) is 19.3. The molecule has 0 bridgehead atoms. The first kappa shape index (κ1) is 20.7. The number of carboxylic acids is 1. The van der Waals surface area contributed by atoms with Gasteiger partial charge in [-0.05, 0) is 63.0 Å². The van der Waals surface area contributed by atoms with E-state index in [1.807, 2.05) is 43.4 Å². The minimum atomic E-state index is -0.867. The summed E-state index contributed by atoms with van der Waals surface area (Å²) in [7, 11) is 1.86. The molecule has 0 unspecified atom stereocenters. The lowest BCUT2D eigenvalue weighted by atomic mass is 9.84. The highest BCUT2D eigenvalue weighted by atomic mass is 16.4. The van der Waals surface area contributed by atoms with E-state index in [0.717, 1.165) is 55.1 Å². The Morgan fingerprint density at radius 2 is 1.96 bits per heavy atom. The van der Waals surface area contributed by atoms with Crippen LogP contribution in [-0.4, -0.2) is 42.7 Å². The van der Waals surface area contributed by atoms with Crippen molar-refractivity contribution in [2.24, 2.45) is 0 Å². The van der Waals surface area contributed by atoms with Crippen LogP contribution in [0.5, 0.6) is 0 Å². The van der Waals surface area contributed by atoms with Gasteiger partial charge in [-0.2, -0.15) is 0 Å². The summed E-state index contributed by atoms with van der Waals surface area (Å²) < 4.78 is 0. The van der Waals surface area contributed by atoms with Crippen LogP contribution < -0.4 is 16.0 Å². The Balaban J connectivity index is 1.69. The van der Waals surface area contributed by atoms with Crippen molar-refractivity contribution < 1.29 is 9.90 Å². The van der Waals surface area contributed by atoms with E-state index in [0.29, 0.717) is 0 Å². The number of carbonyl (C=O) groups is 1. The van der Waals surface area contributed by atoms with Crippen molar-refractivity contribution in [2.75, 3.05) is 37.3 Å². The molecule has 0 amide bonds. The Hall–Kier alpha value is -2.60. The molecule has 2 rings (SSSR count). The number of rotatable bonds is 11. The quantitative estimate of drug-likeness (QED) is 0.455. The highest BCUT2D eigenvalue weighted by molar-refractivity contribution is 5.80. The third-order valence-corrected chi connectivity index (χ3v) is 4.66. The molecule has 1 heterocycles. The van der Waals surface area contributed by atoms with Gasteiger partial charge in [-0.15, -0.1) is 0 Å². The molecule has 0 saturated carbocycles. The molecular weight excluding hydrogens is 340 g/mol. The number of hydrogen-bond donors (Lipinski definition) is 4. The average molecular weight is 370 g/mol. The molecule has 0 aliphatic carbocycles. The summed E-state index contributed by atoms with van der Waals surface area (Å²) in [6.45, 7) is 6.13. The normalized spacial score (nSPS) is 11.2. The van der Waals surface area contributed by atoms with Crippen LogP contribution in [0.2, 0.25) is 0 Å². The third kappa shape index (κ3) is 5.96. The van der Waals surface area contributed by atoms with Crippen LogP contribution in [0, 0.1) is 0 Å². The SMILES string of the molecule is CNc1ncccc1NCCCNCCc1cccc(C(C)(C)C(=O)O)c1. The van der Waals surface area contributed by atoms with Crippen molar-refractivity contribution in [1.29, 1.82) is 0 Å². The summed E-state index contributed by atoms with van der Waals surface area (Å²) >= 11 is 0. The predicted octanol–water partition coefficient (Wildman–Crippen LogP) is 3.12. The van der Waals surface area contributed by atoms with Crippen LogP contribution in [0.25, 0.3) is 0 Å². The molecule has 0 aliphatic rings. The highest BCUT2D eigenvalue weighted by Crippen LogP contribution is 2.24. The number of nitrogens with one attached hydrogen (secondary N) is 3. The lowest BCUT2D eigenvalue weighted by Crippen LogP contribution is -2.28. The average Bonchev–Trinajstić information content (AvgIpc) is 2.67. The first-order valence-corrected chi connectivity index (χ1v) is 9.35. The zero-order chi connectivity index (χ0) is 19.7. The van der Waals surface area contributed by atoms with Crippen LogP contribution in [0.4, 0.5) is 11.5 Å². The van der Waals surface area contributed by atoms with E-state index in [1.165, 1.54) is 0 Å². The molecule has 27 heavy (non-hydrogen) atoms. The molecule has 0 saturated heterocycles. The molecule has 1 aromatic carbocycles. The fourth-order valence-electron chi connectivity index (χ4n) is 2.78. The molecule has 0 spiro atoms. The zero-order valence-corrected chi connectivity index (χ0v) is 16.4. The van der Waals surface area contributed by atoms with Crippen molar-refractivity contribution in [3.8, 4) is 0 Å². The third-order valence-electron chi connectivity index (χ3n) is 4.66. The number of aromatic nitrogens is 1. The van der Waals surface area contributed by atoms with E-state index in [-0.39, 0.29) is 0 Å². The van der Waals surface area contributed by atoms with Crippen molar-refractivity contribution in [3.63, 3.8) is 0 Å². The Labute approximate surface area is 161 Å². The number of nitrogens with zero attached hydrogens (tertiary/aromatic N) is 1. The van der Waals surface area contributed by atoms with Gasteiger partial charge in [-0.3, -0.25) is 4.79 Å². The molecule has 1 aromatic heterocycles. The smallest absolute Gasteiger partial charge is 0.313 e. The Morgan fingerprint density at radius 1 is 1.15 bits per heavy atom. The van der Waals surface area contributed by atoms with E-state index in [1.54, 1.807) is 20.0 Å². The number of anilines is 2. The Bertz CT molecular complexity index is 746. The second kappa shape index (κ2) is 9.92. The largest absolute Gasteiger partial charge is 0.481 e. The first-order chi connectivity index (χ1) is 12.9. The Kier molecular flexibility index (Phi) is 7.61. The van der Waals surface area contributed by atoms with Gasteiger partial charge in [-0.1, -0.05) is 24.3 Å². The maximum atomic E-state index is 11.4. The summed E-state index contributed by atoms with van der Waals surface area (Å²) in [5.41, 5.74) is 2.14. The van der Waals surface area contributed by atoms with E-state index >= 15 is 0 Å². The van der Waals surface area contributed by atoms with Crippen LogP contribution in [0.1, 0.15) is 31.4 Å². The van der Waals surface area contributed by atoms with Gasteiger partial charge in [0.05, 0.1) is 11.1 Å². The van der Waals surface area contributed by atoms with Gasteiger partial charge in [0.1, 0.15) is 5.82 Å². The van der Waals surface area contributed by atoms with Crippen molar-refractivity contribution in [3.05, 3.63) is 53.7 Å². The fourth-order valence-corrected chi connectivity index (χ4v) is 2.78. The van der Waals surface area contributed by atoms with E-state index in [4.69, 9.17) is 0 Å². The molecule has 0 atom stereocenters. The van der Waals surface area contributed by atoms with Gasteiger partial charge in [0.2, 0.25) is 0 Å². The molecule has 2 aromatic rings. The Morgan fingerprint density at radius 3 is 2.70 bits per heavy atom. The van der Waals surface area contributed by atoms with Gasteiger partial charge in [-0.25, -0.2) is 4.98 Å². The summed E-state index contributed by atoms with van der Waals surface area (Å²) in [4.78, 5) is 15.7. The van der Waals surface area contributed by atoms with Crippen molar-refractivity contribution in [1.82, 2.24) is 10.3 Å². The lowest BCUT2D eigenvalue weighted by molar-refractivity contribution is -0.142. The van der Waals surface area contributed by atoms with Gasteiger partial charge in [0.25, 0.3) is 0 Å². The van der Waals surface area contributed by atoms with Gasteiger partial charge in [0.15, 0.2) is 0 Å². The van der Waals surface area contributed by atoms with E-state index in [9.17, 15) is 9.90 Å². The van der Waals surface area contributed by atoms with Crippen LogP contribution in [0.3, 0.4) is 0 Å². The van der Waals surface area contributed by atoms with Gasteiger partial charge < -0.3 is 21.1 Å². The zero-order valence-electron chi connectivity index (χ0n) is 16.4. The monoisotopic (exact) mass is 370 g/mol. The molecule has 146 valence electrons. The van der Waals surface area contributed by atoms with Crippen LogP contribution >= 0.6 is 0 Å². The number of pyridine rings is 1. The fraction of sp³-hybridized carbons (Fsp3) is 0.429. The van der Waals surface area contributed by atoms with Crippen LogP contribution in [-0.2, 0) is 16.6 Å². The van der Waals surface area contributed by atoms with Crippen molar-refractivity contribution in [2.45, 2.75) is 32.1 Å². The molecule has 0 aliphatic heterocycles. The lowest BCUT2D eigenvalue weighted by Gasteiger charge is -2.20. The van der Waals surface area contributed by atoms with Crippen LogP contribution in [0.15, 0.2) is 42.6 Å². The van der Waals surface area contributed by atoms with Crippen molar-refractivity contribution >= 4 is 17.5 Å². The number of carboxylic acid groups (broad SMARTS) is 1. The standard InChI is InChI=1S/C21H30N4O2/c1-21(2,20(26)27)17-8-4-7-16(15-17)10-14-23-11-6-13-24-18-9-5-12-25-19(18)22-3/h4-5,7-9,12,15,23-24H,6,10-11,13-14H2,1-3H3,(H,22,25)(H,26,27). The second-order valence-corrected chi connectivity index (χ2v) is 7.06. The van der Waals surface area contributed by atoms with E-state index in [2.05, 4.69) is 20.9 Å². The number of benzene rings is 1. The topological polar surface area (TPSA) is 86.3 Å². The second-order valence-electron chi connectivity index (χ2n) is 7.06. The first-order valence-electron chi connectivity index (χ1n) is 9.35. The minimum absolute atomic E-state index is 0.805. The molecular formula is C21H30N4O2. The summed E-state index contributed by atoms with van der Waals surface area (Å²) in [5.74, 6) is 0.0509. The number of hydrogen-bond acceptors (Lipinski definition) is 5. The molecule has 0 fully saturated rings. The predicted molar refractivity (Wildman–Crippen MR) is 111 cm³/mol. The minimum Gasteiger partial charge on any atom is -0.481 e. The summed E-state index contributed by atoms with van der Waals surface area (Å²) in [6.07, 6.45) is 3.65. The highest BCUT2D eigenvalue weighted by Gasteiger charge is 2.29. The molecule has 6 heteroatoms. The van der Waals surface area contributed by atoms with E-state index < -0.39 is 11.4 Å². The number of aliphatic carboxylic acids is 1. The molecule has 6 nitrogen and oxygen atoms in total.